The van der Waals surface area contributed by atoms with E-state index in [-0.39, 0.29) is 24.2 Å². The molecule has 0 saturated carbocycles. The molecule has 0 aromatic heterocycles. The van der Waals surface area contributed by atoms with Gasteiger partial charge in [-0.05, 0) is 44.1 Å². The molecular formula is C15H19FN2O3. The van der Waals surface area contributed by atoms with Gasteiger partial charge in [0.25, 0.3) is 0 Å². The highest BCUT2D eigenvalue weighted by Gasteiger charge is 2.30. The molecular weight excluding hydrogens is 275 g/mol. The number of carboxylic acids is 1. The molecule has 2 rings (SSSR count). The highest BCUT2D eigenvalue weighted by atomic mass is 19.1. The highest BCUT2D eigenvalue weighted by Crippen LogP contribution is 2.15. The number of likely N-dealkylation sites (N-methyl/N-ethyl adjacent to an activating group) is 1. The molecule has 1 aliphatic rings. The predicted molar refractivity (Wildman–Crippen MR) is 75.3 cm³/mol. The number of rotatable bonds is 5. The minimum Gasteiger partial charge on any atom is -0.480 e. The molecule has 1 aromatic carbocycles. The first kappa shape index (κ1) is 15.4. The molecule has 1 fully saturated rings. The van der Waals surface area contributed by atoms with Crippen LogP contribution in [0.2, 0.25) is 0 Å². The van der Waals surface area contributed by atoms with E-state index >= 15 is 0 Å². The van der Waals surface area contributed by atoms with Crippen molar-refractivity contribution in [3.63, 3.8) is 0 Å². The van der Waals surface area contributed by atoms with Crippen molar-refractivity contribution in [3.05, 3.63) is 35.6 Å². The van der Waals surface area contributed by atoms with Crippen LogP contribution >= 0.6 is 0 Å². The Morgan fingerprint density at radius 3 is 2.62 bits per heavy atom. The highest BCUT2D eigenvalue weighted by molar-refractivity contribution is 5.87. The van der Waals surface area contributed by atoms with Crippen LogP contribution in [0.4, 0.5) is 4.39 Å². The van der Waals surface area contributed by atoms with Crippen molar-refractivity contribution in [2.24, 2.45) is 0 Å². The van der Waals surface area contributed by atoms with E-state index < -0.39 is 12.0 Å². The number of hydrogen-bond acceptors (Lipinski definition) is 3. The molecule has 0 unspecified atom stereocenters. The average molecular weight is 294 g/mol. The Bertz CT molecular complexity index is 518. The number of halogens is 1. The molecule has 0 bridgehead atoms. The number of carbonyl (C=O) groups is 2. The summed E-state index contributed by atoms with van der Waals surface area (Å²) in [6.45, 7) is 0.841. The Balaban J connectivity index is 2.00. The summed E-state index contributed by atoms with van der Waals surface area (Å²) in [4.78, 5) is 25.4. The van der Waals surface area contributed by atoms with Crippen LogP contribution in [-0.2, 0) is 16.0 Å². The van der Waals surface area contributed by atoms with E-state index in [2.05, 4.69) is 5.32 Å². The van der Waals surface area contributed by atoms with Gasteiger partial charge in [0, 0.05) is 6.42 Å². The maximum atomic E-state index is 12.8. The number of nitrogens with one attached hydrogen (secondary N) is 1. The zero-order chi connectivity index (χ0) is 15.4. The fraction of sp³-hybridized carbons (Fsp3) is 0.467. The van der Waals surface area contributed by atoms with Gasteiger partial charge < -0.3 is 10.4 Å². The van der Waals surface area contributed by atoms with Gasteiger partial charge in [-0.15, -0.1) is 0 Å². The van der Waals surface area contributed by atoms with Crippen molar-refractivity contribution in [2.75, 3.05) is 13.6 Å². The summed E-state index contributed by atoms with van der Waals surface area (Å²) in [6.07, 6.45) is 1.81. The molecule has 0 spiro atoms. The van der Waals surface area contributed by atoms with Crippen LogP contribution in [0, 0.1) is 5.82 Å². The molecule has 1 amide bonds. The van der Waals surface area contributed by atoms with E-state index in [1.54, 1.807) is 0 Å². The normalized spacial score (nSPS) is 20.2. The Hall–Kier alpha value is -1.95. The van der Waals surface area contributed by atoms with Crippen molar-refractivity contribution < 1.29 is 19.1 Å². The summed E-state index contributed by atoms with van der Waals surface area (Å²) >= 11 is 0. The summed E-state index contributed by atoms with van der Waals surface area (Å²) in [6, 6.07) is 4.34. The van der Waals surface area contributed by atoms with E-state index in [9.17, 15) is 19.1 Å². The lowest BCUT2D eigenvalue weighted by atomic mass is 10.1. The largest absolute Gasteiger partial charge is 0.480 e. The smallest absolute Gasteiger partial charge is 0.326 e. The molecule has 114 valence electrons. The van der Waals surface area contributed by atoms with Gasteiger partial charge in [0.1, 0.15) is 11.9 Å². The van der Waals surface area contributed by atoms with Crippen molar-refractivity contribution in [1.29, 1.82) is 0 Å². The monoisotopic (exact) mass is 294 g/mol. The molecule has 1 aliphatic heterocycles. The van der Waals surface area contributed by atoms with Crippen LogP contribution in [-0.4, -0.2) is 47.6 Å². The van der Waals surface area contributed by atoms with Crippen LogP contribution in [0.25, 0.3) is 0 Å². The van der Waals surface area contributed by atoms with Crippen LogP contribution in [0.3, 0.4) is 0 Å². The fourth-order valence-corrected chi connectivity index (χ4v) is 2.57. The second-order valence-electron chi connectivity index (χ2n) is 5.37. The van der Waals surface area contributed by atoms with E-state index in [1.165, 1.54) is 24.3 Å². The summed E-state index contributed by atoms with van der Waals surface area (Å²) < 4.78 is 12.8. The number of carboxylic acid groups (broad SMARTS) is 1. The molecule has 21 heavy (non-hydrogen) atoms. The molecule has 1 saturated heterocycles. The van der Waals surface area contributed by atoms with Crippen molar-refractivity contribution in [1.82, 2.24) is 10.2 Å². The predicted octanol–water partition coefficient (Wildman–Crippen LogP) is 1.03. The van der Waals surface area contributed by atoms with Gasteiger partial charge in [-0.3, -0.25) is 9.69 Å². The number of hydrogen-bond donors (Lipinski definition) is 2. The summed E-state index contributed by atoms with van der Waals surface area (Å²) in [5.74, 6) is -1.72. The number of carbonyl (C=O) groups excluding carboxylic acids is 1. The van der Waals surface area contributed by atoms with Gasteiger partial charge in [-0.2, -0.15) is 0 Å². The first-order valence-corrected chi connectivity index (χ1v) is 6.95. The van der Waals surface area contributed by atoms with Crippen LogP contribution in [0.1, 0.15) is 18.4 Å². The third-order valence-corrected chi connectivity index (χ3v) is 3.79. The van der Waals surface area contributed by atoms with E-state index in [0.29, 0.717) is 5.56 Å². The second-order valence-corrected chi connectivity index (χ2v) is 5.37. The maximum absolute atomic E-state index is 12.8. The van der Waals surface area contributed by atoms with Crippen LogP contribution in [0.15, 0.2) is 24.3 Å². The topological polar surface area (TPSA) is 69.6 Å². The molecule has 2 N–H and O–H groups in total. The van der Waals surface area contributed by atoms with E-state index in [4.69, 9.17) is 0 Å². The zero-order valence-corrected chi connectivity index (χ0v) is 11.9. The van der Waals surface area contributed by atoms with Gasteiger partial charge in [0.05, 0.1) is 6.04 Å². The number of likely N-dealkylation sites (tertiary alicyclic amines) is 1. The molecule has 5 nitrogen and oxygen atoms in total. The molecule has 2 atom stereocenters. The van der Waals surface area contributed by atoms with Crippen molar-refractivity contribution in [2.45, 2.75) is 31.3 Å². The van der Waals surface area contributed by atoms with E-state index in [1.807, 2.05) is 11.9 Å². The van der Waals surface area contributed by atoms with Gasteiger partial charge in [-0.25, -0.2) is 9.18 Å². The van der Waals surface area contributed by atoms with Gasteiger partial charge >= 0.3 is 5.97 Å². The Kier molecular flexibility index (Phi) is 4.90. The van der Waals surface area contributed by atoms with Crippen molar-refractivity contribution in [3.8, 4) is 0 Å². The van der Waals surface area contributed by atoms with E-state index in [0.717, 1.165) is 19.4 Å². The van der Waals surface area contributed by atoms with Gasteiger partial charge in [0.15, 0.2) is 0 Å². The quantitative estimate of drug-likeness (QED) is 0.851. The zero-order valence-electron chi connectivity index (χ0n) is 11.9. The molecule has 1 heterocycles. The van der Waals surface area contributed by atoms with Crippen molar-refractivity contribution >= 4 is 11.9 Å². The first-order chi connectivity index (χ1) is 9.97. The average Bonchev–Trinajstić information content (AvgIpc) is 2.86. The lowest BCUT2D eigenvalue weighted by Gasteiger charge is -2.21. The molecule has 6 heteroatoms. The Morgan fingerprint density at radius 1 is 1.43 bits per heavy atom. The molecule has 1 aromatic rings. The Labute approximate surface area is 122 Å². The lowest BCUT2D eigenvalue weighted by molar-refractivity contribution is -0.142. The third kappa shape index (κ3) is 4.01. The summed E-state index contributed by atoms with van der Waals surface area (Å²) in [5.41, 5.74) is 0.670. The minimum absolute atomic E-state index is 0.137. The van der Waals surface area contributed by atoms with Crippen LogP contribution < -0.4 is 5.32 Å². The Morgan fingerprint density at radius 2 is 2.10 bits per heavy atom. The number of nitrogens with zero attached hydrogens (tertiary/aromatic N) is 1. The number of aliphatic carboxylic acids is 1. The maximum Gasteiger partial charge on any atom is 0.326 e. The molecule has 0 radical (unpaired) electrons. The summed E-state index contributed by atoms with van der Waals surface area (Å²) in [7, 11) is 1.85. The molecule has 0 aliphatic carbocycles. The lowest BCUT2D eigenvalue weighted by Crippen LogP contribution is -2.49. The second kappa shape index (κ2) is 6.67. The fourth-order valence-electron chi connectivity index (χ4n) is 2.57. The number of amides is 1. The third-order valence-electron chi connectivity index (χ3n) is 3.79. The standard InChI is InChI=1S/C15H19FN2O3/c1-18-8-2-3-13(18)14(19)17-12(15(20)21)9-10-4-6-11(16)7-5-10/h4-7,12-13H,2-3,8-9H2,1H3,(H,17,19)(H,20,21)/t12-,13-/m0/s1. The number of benzene rings is 1. The van der Waals surface area contributed by atoms with Gasteiger partial charge in [0.2, 0.25) is 5.91 Å². The summed E-state index contributed by atoms with van der Waals surface area (Å²) in [5, 5.41) is 11.8. The van der Waals surface area contributed by atoms with Gasteiger partial charge in [-0.1, -0.05) is 12.1 Å². The SMILES string of the molecule is CN1CCC[C@H]1C(=O)N[C@@H](Cc1ccc(F)cc1)C(=O)O. The van der Waals surface area contributed by atoms with Crippen LogP contribution in [0.5, 0.6) is 0 Å². The minimum atomic E-state index is -1.09. The first-order valence-electron chi connectivity index (χ1n) is 6.95.